The van der Waals surface area contributed by atoms with E-state index >= 15 is 0 Å². The van der Waals surface area contributed by atoms with Gasteiger partial charge in [-0.15, -0.1) is 0 Å². The van der Waals surface area contributed by atoms with Crippen molar-refractivity contribution in [1.29, 1.82) is 0 Å². The van der Waals surface area contributed by atoms with E-state index in [-0.39, 0.29) is 11.8 Å². The maximum Gasteiger partial charge on any atom is 0.289 e. The molecule has 0 radical (unpaired) electrons. The van der Waals surface area contributed by atoms with Gasteiger partial charge in [0.15, 0.2) is 5.76 Å². The van der Waals surface area contributed by atoms with Gasteiger partial charge in [-0.1, -0.05) is 41.9 Å². The number of piperazine rings is 1. The Morgan fingerprint density at radius 2 is 1.68 bits per heavy atom. The summed E-state index contributed by atoms with van der Waals surface area (Å²) in [4.78, 5) is 28.2. The average molecular weight is 379 g/mol. The first kappa shape index (κ1) is 17.6. The van der Waals surface area contributed by atoms with Crippen molar-refractivity contribution in [3.8, 4) is 0 Å². The van der Waals surface area contributed by atoms with Crippen LogP contribution in [0.4, 0.5) is 0 Å². The molecule has 1 aliphatic rings. The van der Waals surface area contributed by atoms with E-state index in [1.807, 2.05) is 0 Å². The Morgan fingerprint density at radius 3 is 2.32 bits per heavy atom. The molecule has 0 saturated carbocycles. The Bertz CT molecular complexity index is 810. The number of rotatable bonds is 3. The highest BCUT2D eigenvalue weighted by molar-refractivity contribution is 6.44. The molecule has 1 saturated heterocycles. The summed E-state index contributed by atoms with van der Waals surface area (Å²) in [6.07, 6.45) is 1.46. The summed E-state index contributed by atoms with van der Waals surface area (Å²) in [6.45, 7) is 5.57. The van der Waals surface area contributed by atoms with Crippen molar-refractivity contribution in [2.24, 2.45) is 0 Å². The topological polar surface area (TPSA) is 53.8 Å². The minimum Gasteiger partial charge on any atom is -0.459 e. The predicted molar refractivity (Wildman–Crippen MR) is 96.7 cm³/mol. The maximum atomic E-state index is 12.7. The standard InChI is InChI=1S/C18H16Cl2N2O3/c1-12(13-4-2-5-14(19)16(13)20)17(23)21-7-9-22(10-8-21)18(24)15-6-3-11-25-15/h2-6,11H,1,7-10H2. The zero-order valence-corrected chi connectivity index (χ0v) is 14.9. The van der Waals surface area contributed by atoms with Crippen LogP contribution in [-0.4, -0.2) is 47.8 Å². The first-order chi connectivity index (χ1) is 12.0. The molecule has 2 heterocycles. The number of hydrogen-bond donors (Lipinski definition) is 0. The molecule has 0 spiro atoms. The van der Waals surface area contributed by atoms with Crippen molar-refractivity contribution in [2.75, 3.05) is 26.2 Å². The van der Waals surface area contributed by atoms with Gasteiger partial charge >= 0.3 is 0 Å². The van der Waals surface area contributed by atoms with Crippen molar-refractivity contribution in [3.05, 3.63) is 64.5 Å². The smallest absolute Gasteiger partial charge is 0.289 e. The third-order valence-corrected chi connectivity index (χ3v) is 4.94. The van der Waals surface area contributed by atoms with E-state index in [1.54, 1.807) is 40.1 Å². The molecule has 2 aromatic rings. The van der Waals surface area contributed by atoms with Crippen LogP contribution in [-0.2, 0) is 4.79 Å². The van der Waals surface area contributed by atoms with Crippen LogP contribution in [0, 0.1) is 0 Å². The van der Waals surface area contributed by atoms with E-state index in [1.165, 1.54) is 6.26 Å². The number of furan rings is 1. The molecular weight excluding hydrogens is 363 g/mol. The Morgan fingerprint density at radius 1 is 1.00 bits per heavy atom. The fraction of sp³-hybridized carbons (Fsp3) is 0.222. The average Bonchev–Trinajstić information content (AvgIpc) is 3.17. The number of nitrogens with zero attached hydrogens (tertiary/aromatic N) is 2. The second-order valence-electron chi connectivity index (χ2n) is 5.64. The highest BCUT2D eigenvalue weighted by Crippen LogP contribution is 2.30. The van der Waals surface area contributed by atoms with Gasteiger partial charge in [0, 0.05) is 37.3 Å². The van der Waals surface area contributed by atoms with Gasteiger partial charge in [0.2, 0.25) is 0 Å². The van der Waals surface area contributed by atoms with Crippen LogP contribution < -0.4 is 0 Å². The molecule has 1 aliphatic heterocycles. The molecule has 5 nitrogen and oxygen atoms in total. The van der Waals surface area contributed by atoms with Gasteiger partial charge in [0.05, 0.1) is 16.3 Å². The van der Waals surface area contributed by atoms with Crippen LogP contribution in [0.3, 0.4) is 0 Å². The summed E-state index contributed by atoms with van der Waals surface area (Å²) >= 11 is 12.2. The molecule has 1 aromatic heterocycles. The minimum atomic E-state index is -0.214. The van der Waals surface area contributed by atoms with Gasteiger partial charge in [-0.2, -0.15) is 0 Å². The normalized spacial score (nSPS) is 14.5. The minimum absolute atomic E-state index is 0.172. The molecular formula is C18H16Cl2N2O3. The van der Waals surface area contributed by atoms with Gasteiger partial charge in [0.1, 0.15) is 0 Å². The van der Waals surface area contributed by atoms with Crippen molar-refractivity contribution >= 4 is 40.6 Å². The predicted octanol–water partition coefficient (Wildman–Crippen LogP) is 3.58. The van der Waals surface area contributed by atoms with Gasteiger partial charge < -0.3 is 14.2 Å². The van der Waals surface area contributed by atoms with Crippen LogP contribution in [0.5, 0.6) is 0 Å². The second-order valence-corrected chi connectivity index (χ2v) is 6.43. The Balaban J connectivity index is 1.64. The third kappa shape index (κ3) is 3.57. The molecule has 0 aliphatic carbocycles. The molecule has 25 heavy (non-hydrogen) atoms. The van der Waals surface area contributed by atoms with Crippen LogP contribution in [0.15, 0.2) is 47.6 Å². The number of carbonyl (C=O) groups is 2. The zero-order chi connectivity index (χ0) is 18.0. The van der Waals surface area contributed by atoms with Gasteiger partial charge in [-0.05, 0) is 18.2 Å². The summed E-state index contributed by atoms with van der Waals surface area (Å²) in [5, 5.41) is 0.691. The third-order valence-electron chi connectivity index (χ3n) is 4.12. The largest absolute Gasteiger partial charge is 0.459 e. The van der Waals surface area contributed by atoms with Crippen LogP contribution in [0.25, 0.3) is 5.57 Å². The van der Waals surface area contributed by atoms with Crippen molar-refractivity contribution in [1.82, 2.24) is 9.80 Å². The fourth-order valence-corrected chi connectivity index (χ4v) is 3.13. The zero-order valence-electron chi connectivity index (χ0n) is 13.4. The molecule has 0 unspecified atom stereocenters. The SMILES string of the molecule is C=C(C(=O)N1CCN(C(=O)c2ccco2)CC1)c1cccc(Cl)c1Cl. The summed E-state index contributed by atoms with van der Waals surface area (Å²) in [7, 11) is 0. The lowest BCUT2D eigenvalue weighted by Gasteiger charge is -2.34. The van der Waals surface area contributed by atoms with Crippen molar-refractivity contribution < 1.29 is 14.0 Å². The van der Waals surface area contributed by atoms with Gasteiger partial charge in [-0.3, -0.25) is 9.59 Å². The quantitative estimate of drug-likeness (QED) is 0.766. The maximum absolute atomic E-state index is 12.7. The van der Waals surface area contributed by atoms with E-state index in [4.69, 9.17) is 27.6 Å². The molecule has 1 aromatic carbocycles. The molecule has 0 atom stereocenters. The van der Waals surface area contributed by atoms with E-state index in [9.17, 15) is 9.59 Å². The number of benzene rings is 1. The Kier molecular flexibility index (Phi) is 5.16. The Hall–Kier alpha value is -2.24. The molecule has 2 amide bonds. The van der Waals surface area contributed by atoms with Crippen LogP contribution >= 0.6 is 23.2 Å². The van der Waals surface area contributed by atoms with E-state index < -0.39 is 0 Å². The number of halogens is 2. The molecule has 0 N–H and O–H groups in total. The summed E-state index contributed by atoms with van der Waals surface area (Å²) in [5.41, 5.74) is 0.812. The fourth-order valence-electron chi connectivity index (χ4n) is 2.71. The van der Waals surface area contributed by atoms with Gasteiger partial charge in [0.25, 0.3) is 11.8 Å². The van der Waals surface area contributed by atoms with Crippen molar-refractivity contribution in [2.45, 2.75) is 0 Å². The van der Waals surface area contributed by atoms with Gasteiger partial charge in [-0.25, -0.2) is 0 Å². The molecule has 1 fully saturated rings. The van der Waals surface area contributed by atoms with E-state index in [0.29, 0.717) is 53.1 Å². The lowest BCUT2D eigenvalue weighted by molar-refractivity contribution is -0.126. The van der Waals surface area contributed by atoms with E-state index in [2.05, 4.69) is 6.58 Å². The Labute approximate surface area is 155 Å². The monoisotopic (exact) mass is 378 g/mol. The lowest BCUT2D eigenvalue weighted by Crippen LogP contribution is -2.50. The van der Waals surface area contributed by atoms with E-state index in [0.717, 1.165) is 0 Å². The van der Waals surface area contributed by atoms with Crippen LogP contribution in [0.1, 0.15) is 16.1 Å². The molecule has 7 heteroatoms. The molecule has 0 bridgehead atoms. The first-order valence-electron chi connectivity index (χ1n) is 7.74. The lowest BCUT2D eigenvalue weighted by atomic mass is 10.1. The highest BCUT2D eigenvalue weighted by Gasteiger charge is 2.27. The molecule has 3 rings (SSSR count). The second kappa shape index (κ2) is 7.33. The highest BCUT2D eigenvalue weighted by atomic mass is 35.5. The number of hydrogen-bond acceptors (Lipinski definition) is 3. The summed E-state index contributed by atoms with van der Waals surface area (Å²) in [6, 6.07) is 8.39. The summed E-state index contributed by atoms with van der Waals surface area (Å²) < 4.78 is 5.13. The summed E-state index contributed by atoms with van der Waals surface area (Å²) in [5.74, 6) is -0.0852. The van der Waals surface area contributed by atoms with Crippen molar-refractivity contribution in [3.63, 3.8) is 0 Å². The first-order valence-corrected chi connectivity index (χ1v) is 8.50. The number of amides is 2. The number of carbonyl (C=O) groups excluding carboxylic acids is 2. The van der Waals surface area contributed by atoms with Crippen LogP contribution in [0.2, 0.25) is 10.0 Å². The molecule has 130 valence electrons.